The summed E-state index contributed by atoms with van der Waals surface area (Å²) in [6.45, 7) is 4.27. The second-order valence-corrected chi connectivity index (χ2v) is 10.1. The fourth-order valence-corrected chi connectivity index (χ4v) is 5.48. The number of aromatic nitrogens is 3. The molecule has 7 nitrogen and oxygen atoms in total. The van der Waals surface area contributed by atoms with Crippen molar-refractivity contribution >= 4 is 23.1 Å². The maximum absolute atomic E-state index is 12.8. The number of amides is 1. The van der Waals surface area contributed by atoms with Gasteiger partial charge in [0.1, 0.15) is 10.8 Å². The molecule has 0 spiro atoms. The average Bonchev–Trinajstić information content (AvgIpc) is 3.42. The Morgan fingerprint density at radius 2 is 1.84 bits per heavy atom. The molecule has 1 saturated heterocycles. The highest BCUT2D eigenvalue weighted by atomic mass is 32.1. The largest absolute Gasteiger partial charge is 0.497 e. The van der Waals surface area contributed by atoms with E-state index in [9.17, 15) is 4.79 Å². The smallest absolute Gasteiger partial charge is 0.223 e. The van der Waals surface area contributed by atoms with Gasteiger partial charge in [0, 0.05) is 48.5 Å². The predicted molar refractivity (Wildman–Crippen MR) is 148 cm³/mol. The van der Waals surface area contributed by atoms with E-state index in [-0.39, 0.29) is 11.8 Å². The lowest BCUT2D eigenvalue weighted by atomic mass is 9.96. The molecule has 0 bridgehead atoms. The zero-order valence-corrected chi connectivity index (χ0v) is 22.0. The van der Waals surface area contributed by atoms with Gasteiger partial charge in [0.2, 0.25) is 5.91 Å². The zero-order valence-electron chi connectivity index (χ0n) is 21.2. The number of anilines is 1. The molecule has 0 aliphatic carbocycles. The van der Waals surface area contributed by atoms with E-state index in [1.54, 1.807) is 18.4 Å². The van der Waals surface area contributed by atoms with Gasteiger partial charge in [-0.15, -0.1) is 21.5 Å². The number of piperidine rings is 1. The van der Waals surface area contributed by atoms with E-state index in [1.807, 2.05) is 48.5 Å². The van der Waals surface area contributed by atoms with Gasteiger partial charge in [0.15, 0.2) is 5.82 Å². The number of hydrogen-bond acceptors (Lipinski definition) is 7. The van der Waals surface area contributed by atoms with Crippen molar-refractivity contribution in [2.75, 3.05) is 31.6 Å². The SMILES string of the molecule is COc1ccc(-c2nc(CCNC(=O)C3CCN(c4ccc(-c5ccccc5C)nn4)CC3)cs2)cc1. The van der Waals surface area contributed by atoms with Crippen LogP contribution in [-0.2, 0) is 11.2 Å². The van der Waals surface area contributed by atoms with Gasteiger partial charge in [-0.25, -0.2) is 4.98 Å². The van der Waals surface area contributed by atoms with Crippen molar-refractivity contribution < 1.29 is 9.53 Å². The second-order valence-electron chi connectivity index (χ2n) is 9.27. The minimum absolute atomic E-state index is 0.0285. The standard InChI is InChI=1S/C29H31N5O2S/c1-20-5-3-4-6-25(20)26-11-12-27(33-32-26)34-17-14-21(15-18-34)28(35)30-16-13-23-19-37-29(31-23)22-7-9-24(36-2)10-8-22/h3-12,19,21H,13-18H2,1-2H3,(H,30,35). The van der Waals surface area contributed by atoms with Crippen molar-refractivity contribution in [2.24, 2.45) is 5.92 Å². The lowest BCUT2D eigenvalue weighted by Gasteiger charge is -2.31. The molecular formula is C29H31N5O2S. The number of ether oxygens (including phenoxy) is 1. The molecule has 1 aliphatic rings. The van der Waals surface area contributed by atoms with Gasteiger partial charge < -0.3 is 15.0 Å². The van der Waals surface area contributed by atoms with Crippen LogP contribution in [0, 0.1) is 12.8 Å². The molecule has 2 aromatic heterocycles. The minimum Gasteiger partial charge on any atom is -0.497 e. The Morgan fingerprint density at radius 1 is 1.05 bits per heavy atom. The third-order valence-corrected chi connectivity index (χ3v) is 7.77. The third-order valence-electron chi connectivity index (χ3n) is 6.83. The summed E-state index contributed by atoms with van der Waals surface area (Å²) >= 11 is 1.62. The summed E-state index contributed by atoms with van der Waals surface area (Å²) in [5.74, 6) is 1.86. The Hall–Kier alpha value is -3.78. The van der Waals surface area contributed by atoms with Crippen LogP contribution in [0.15, 0.2) is 66.0 Å². The Bertz CT molecular complexity index is 1330. The highest BCUT2D eigenvalue weighted by Gasteiger charge is 2.25. The molecule has 8 heteroatoms. The second kappa shape index (κ2) is 11.5. The molecule has 1 amide bonds. The van der Waals surface area contributed by atoms with E-state index >= 15 is 0 Å². The highest BCUT2D eigenvalue weighted by Crippen LogP contribution is 2.27. The van der Waals surface area contributed by atoms with Gasteiger partial charge in [-0.1, -0.05) is 24.3 Å². The predicted octanol–water partition coefficient (Wildman–Crippen LogP) is 5.16. The fourth-order valence-electron chi connectivity index (χ4n) is 4.61. The number of thiazole rings is 1. The van der Waals surface area contributed by atoms with E-state index < -0.39 is 0 Å². The number of hydrogen-bond donors (Lipinski definition) is 1. The normalized spacial score (nSPS) is 13.9. The molecule has 190 valence electrons. The number of nitrogens with one attached hydrogen (secondary N) is 1. The van der Waals surface area contributed by atoms with Crippen LogP contribution in [0.5, 0.6) is 5.75 Å². The van der Waals surface area contributed by atoms with Crippen LogP contribution in [0.4, 0.5) is 5.82 Å². The van der Waals surface area contributed by atoms with E-state index in [0.717, 1.165) is 71.4 Å². The number of methoxy groups -OCH3 is 1. The molecule has 1 N–H and O–H groups in total. The van der Waals surface area contributed by atoms with Crippen LogP contribution in [0.25, 0.3) is 21.8 Å². The lowest BCUT2D eigenvalue weighted by molar-refractivity contribution is -0.125. The fraction of sp³-hybridized carbons (Fsp3) is 0.310. The van der Waals surface area contributed by atoms with Gasteiger partial charge in [0.05, 0.1) is 18.5 Å². The number of rotatable bonds is 8. The molecule has 37 heavy (non-hydrogen) atoms. The van der Waals surface area contributed by atoms with Crippen molar-refractivity contribution in [3.05, 3.63) is 77.3 Å². The summed E-state index contributed by atoms with van der Waals surface area (Å²) in [4.78, 5) is 19.7. The monoisotopic (exact) mass is 513 g/mol. The van der Waals surface area contributed by atoms with Crippen LogP contribution in [-0.4, -0.2) is 47.8 Å². The molecular weight excluding hydrogens is 482 g/mol. The molecule has 5 rings (SSSR count). The van der Waals surface area contributed by atoms with Gasteiger partial charge >= 0.3 is 0 Å². The number of nitrogens with zero attached hydrogens (tertiary/aromatic N) is 4. The van der Waals surface area contributed by atoms with E-state index in [4.69, 9.17) is 9.72 Å². The van der Waals surface area contributed by atoms with Crippen molar-refractivity contribution in [2.45, 2.75) is 26.2 Å². The summed E-state index contributed by atoms with van der Waals surface area (Å²) in [6, 6.07) is 20.2. The summed E-state index contributed by atoms with van der Waals surface area (Å²) in [5.41, 5.74) is 5.24. The molecule has 0 atom stereocenters. The van der Waals surface area contributed by atoms with Crippen molar-refractivity contribution in [1.29, 1.82) is 0 Å². The van der Waals surface area contributed by atoms with Crippen molar-refractivity contribution in [1.82, 2.24) is 20.5 Å². The number of benzene rings is 2. The van der Waals surface area contributed by atoms with Crippen LogP contribution in [0.1, 0.15) is 24.1 Å². The topological polar surface area (TPSA) is 80.2 Å². The van der Waals surface area contributed by atoms with E-state index in [0.29, 0.717) is 6.54 Å². The van der Waals surface area contributed by atoms with Crippen LogP contribution < -0.4 is 15.0 Å². The Labute approximate surface area is 221 Å². The Kier molecular flexibility index (Phi) is 7.75. The summed E-state index contributed by atoms with van der Waals surface area (Å²) in [7, 11) is 1.66. The van der Waals surface area contributed by atoms with Gasteiger partial charge in [0.25, 0.3) is 0 Å². The quantitative estimate of drug-likeness (QED) is 0.351. The third kappa shape index (κ3) is 5.97. The number of carbonyl (C=O) groups excluding carboxylic acids is 1. The molecule has 0 unspecified atom stereocenters. The minimum atomic E-state index is 0.0285. The first kappa shape index (κ1) is 24.9. The first-order valence-electron chi connectivity index (χ1n) is 12.6. The molecule has 3 heterocycles. The summed E-state index contributed by atoms with van der Waals surface area (Å²) in [6.07, 6.45) is 2.34. The number of carbonyl (C=O) groups is 1. The van der Waals surface area contributed by atoms with Crippen molar-refractivity contribution in [3.63, 3.8) is 0 Å². The van der Waals surface area contributed by atoms with Crippen LogP contribution in [0.3, 0.4) is 0 Å². The van der Waals surface area contributed by atoms with E-state index in [2.05, 4.69) is 44.9 Å². The molecule has 4 aromatic rings. The Balaban J connectivity index is 1.07. The molecule has 0 saturated carbocycles. The van der Waals surface area contributed by atoms with Gasteiger partial charge in [-0.2, -0.15) is 0 Å². The van der Waals surface area contributed by atoms with E-state index in [1.165, 1.54) is 5.56 Å². The maximum atomic E-state index is 12.8. The maximum Gasteiger partial charge on any atom is 0.223 e. The zero-order chi connectivity index (χ0) is 25.6. The molecule has 1 aliphatic heterocycles. The molecule has 0 radical (unpaired) electrons. The summed E-state index contributed by atoms with van der Waals surface area (Å²) < 4.78 is 5.22. The lowest BCUT2D eigenvalue weighted by Crippen LogP contribution is -2.41. The summed E-state index contributed by atoms with van der Waals surface area (Å²) in [5, 5.41) is 15.1. The molecule has 1 fully saturated rings. The first-order chi connectivity index (χ1) is 18.1. The Morgan fingerprint density at radius 3 is 2.54 bits per heavy atom. The number of aryl methyl sites for hydroxylation is 1. The highest BCUT2D eigenvalue weighted by molar-refractivity contribution is 7.13. The van der Waals surface area contributed by atoms with Crippen molar-refractivity contribution in [3.8, 4) is 27.6 Å². The van der Waals surface area contributed by atoms with Gasteiger partial charge in [-0.05, 0) is 61.7 Å². The van der Waals surface area contributed by atoms with Gasteiger partial charge in [-0.3, -0.25) is 4.79 Å². The van der Waals surface area contributed by atoms with Crippen LogP contribution in [0.2, 0.25) is 0 Å². The van der Waals surface area contributed by atoms with Crippen LogP contribution >= 0.6 is 11.3 Å². The first-order valence-corrected chi connectivity index (χ1v) is 13.5. The molecule has 2 aromatic carbocycles. The average molecular weight is 514 g/mol.